The number of hydrogen-bond acceptors (Lipinski definition) is 4. The van der Waals surface area contributed by atoms with Crippen molar-refractivity contribution in [2.75, 3.05) is 26.7 Å². The van der Waals surface area contributed by atoms with E-state index in [-0.39, 0.29) is 5.97 Å². The second kappa shape index (κ2) is 7.59. The van der Waals surface area contributed by atoms with Gasteiger partial charge >= 0.3 is 5.97 Å². The Bertz CT molecular complexity index is 348. The molecule has 0 aromatic carbocycles. The number of fused-ring (bicyclic) bond motifs is 2. The Morgan fingerprint density at radius 2 is 2.19 bits per heavy atom. The number of rotatable bonds is 9. The first kappa shape index (κ1) is 16.8. The minimum atomic E-state index is -0.519. The lowest BCUT2D eigenvalue weighted by molar-refractivity contribution is -0.148. The number of esters is 1. The first-order valence-electron chi connectivity index (χ1n) is 8.66. The molecule has 0 aromatic heterocycles. The van der Waals surface area contributed by atoms with Gasteiger partial charge in [-0.25, -0.2) is 0 Å². The normalized spacial score (nSPS) is 27.8. The van der Waals surface area contributed by atoms with E-state index in [1.165, 1.54) is 45.9 Å². The SMILES string of the molecule is CCCNC(C)(CCCCN1CC2CCC1C2)C(=O)OC. The number of unbranched alkanes of at least 4 members (excludes halogenated alkanes) is 1. The Labute approximate surface area is 129 Å². The third-order valence-electron chi connectivity index (χ3n) is 5.30. The average molecular weight is 296 g/mol. The molecule has 0 spiro atoms. The van der Waals surface area contributed by atoms with E-state index in [2.05, 4.69) is 17.1 Å². The molecule has 1 saturated heterocycles. The van der Waals surface area contributed by atoms with Gasteiger partial charge in [-0.1, -0.05) is 6.92 Å². The van der Waals surface area contributed by atoms with E-state index in [4.69, 9.17) is 4.74 Å². The maximum atomic E-state index is 12.0. The van der Waals surface area contributed by atoms with Crippen LogP contribution in [0.1, 0.15) is 58.8 Å². The van der Waals surface area contributed by atoms with Gasteiger partial charge in [0.05, 0.1) is 7.11 Å². The lowest BCUT2D eigenvalue weighted by Crippen LogP contribution is -2.50. The summed E-state index contributed by atoms with van der Waals surface area (Å²) in [5, 5.41) is 3.36. The number of nitrogens with zero attached hydrogens (tertiary/aromatic N) is 1. The Morgan fingerprint density at radius 3 is 2.76 bits per heavy atom. The number of carbonyl (C=O) groups is 1. The van der Waals surface area contributed by atoms with Gasteiger partial charge in [-0.05, 0) is 70.9 Å². The highest BCUT2D eigenvalue weighted by Gasteiger charge is 2.37. The minimum absolute atomic E-state index is 0.129. The fourth-order valence-corrected chi connectivity index (χ4v) is 3.98. The quantitative estimate of drug-likeness (QED) is 0.524. The van der Waals surface area contributed by atoms with Crippen LogP contribution in [0.3, 0.4) is 0 Å². The minimum Gasteiger partial charge on any atom is -0.468 e. The summed E-state index contributed by atoms with van der Waals surface area (Å²) in [6, 6.07) is 0.861. The molecule has 122 valence electrons. The summed E-state index contributed by atoms with van der Waals surface area (Å²) in [4.78, 5) is 14.7. The fourth-order valence-electron chi connectivity index (χ4n) is 3.98. The van der Waals surface area contributed by atoms with E-state index in [0.717, 1.165) is 37.8 Å². The van der Waals surface area contributed by atoms with Crippen LogP contribution < -0.4 is 5.32 Å². The van der Waals surface area contributed by atoms with Crippen molar-refractivity contribution in [2.45, 2.75) is 70.4 Å². The zero-order chi connectivity index (χ0) is 15.3. The van der Waals surface area contributed by atoms with E-state index in [1.54, 1.807) is 0 Å². The van der Waals surface area contributed by atoms with Crippen molar-refractivity contribution in [3.8, 4) is 0 Å². The third-order valence-corrected chi connectivity index (χ3v) is 5.30. The predicted molar refractivity (Wildman–Crippen MR) is 85.3 cm³/mol. The number of nitrogens with one attached hydrogen (secondary N) is 1. The molecule has 2 fully saturated rings. The van der Waals surface area contributed by atoms with Crippen LogP contribution >= 0.6 is 0 Å². The van der Waals surface area contributed by atoms with Crippen LogP contribution in [0.4, 0.5) is 0 Å². The molecule has 0 radical (unpaired) electrons. The molecular formula is C17H32N2O2. The van der Waals surface area contributed by atoms with Gasteiger partial charge in [0.25, 0.3) is 0 Å². The topological polar surface area (TPSA) is 41.6 Å². The maximum absolute atomic E-state index is 12.0. The summed E-state index contributed by atoms with van der Waals surface area (Å²) in [6.07, 6.45) is 8.44. The van der Waals surface area contributed by atoms with Crippen molar-refractivity contribution in [3.05, 3.63) is 0 Å². The lowest BCUT2D eigenvalue weighted by Gasteiger charge is -2.29. The zero-order valence-electron chi connectivity index (χ0n) is 14.0. The highest BCUT2D eigenvalue weighted by molar-refractivity contribution is 5.80. The lowest BCUT2D eigenvalue weighted by atomic mass is 9.94. The van der Waals surface area contributed by atoms with Crippen LogP contribution in [0.2, 0.25) is 0 Å². The summed E-state index contributed by atoms with van der Waals surface area (Å²) >= 11 is 0. The van der Waals surface area contributed by atoms with Gasteiger partial charge in [0.15, 0.2) is 0 Å². The summed E-state index contributed by atoms with van der Waals surface area (Å²) in [6.45, 7) is 7.47. The molecule has 3 unspecified atom stereocenters. The van der Waals surface area contributed by atoms with Crippen molar-refractivity contribution < 1.29 is 9.53 Å². The number of hydrogen-bond donors (Lipinski definition) is 1. The predicted octanol–water partition coefficient (Wildman–Crippen LogP) is 2.57. The molecule has 4 heteroatoms. The van der Waals surface area contributed by atoms with Gasteiger partial charge in [0.2, 0.25) is 0 Å². The van der Waals surface area contributed by atoms with Crippen molar-refractivity contribution >= 4 is 5.97 Å². The van der Waals surface area contributed by atoms with Gasteiger partial charge in [0, 0.05) is 12.6 Å². The Morgan fingerprint density at radius 1 is 1.38 bits per heavy atom. The van der Waals surface area contributed by atoms with Crippen LogP contribution in [0, 0.1) is 5.92 Å². The molecule has 1 aliphatic heterocycles. The van der Waals surface area contributed by atoms with Crippen LogP contribution in [-0.2, 0) is 9.53 Å². The molecule has 4 nitrogen and oxygen atoms in total. The van der Waals surface area contributed by atoms with Gasteiger partial charge < -0.3 is 15.0 Å². The Balaban J connectivity index is 1.70. The van der Waals surface area contributed by atoms with Crippen molar-refractivity contribution in [2.24, 2.45) is 5.92 Å². The molecule has 0 amide bonds. The Kier molecular flexibility index (Phi) is 6.06. The molecule has 3 atom stereocenters. The first-order valence-corrected chi connectivity index (χ1v) is 8.66. The largest absolute Gasteiger partial charge is 0.468 e. The van der Waals surface area contributed by atoms with Gasteiger partial charge in [-0.2, -0.15) is 0 Å². The first-order chi connectivity index (χ1) is 10.1. The number of piperidine rings is 1. The zero-order valence-corrected chi connectivity index (χ0v) is 14.0. The molecule has 2 rings (SSSR count). The van der Waals surface area contributed by atoms with Crippen LogP contribution in [-0.4, -0.2) is 49.2 Å². The number of ether oxygens (including phenoxy) is 1. The smallest absolute Gasteiger partial charge is 0.325 e. The number of carbonyl (C=O) groups excluding carboxylic acids is 1. The monoisotopic (exact) mass is 296 g/mol. The standard InChI is InChI=1S/C17H32N2O2/c1-4-10-18-17(2,16(20)21-3)9-5-6-11-19-13-14-7-8-15(19)12-14/h14-15,18H,4-13H2,1-3H3. The van der Waals surface area contributed by atoms with E-state index >= 15 is 0 Å². The van der Waals surface area contributed by atoms with Gasteiger partial charge in [0.1, 0.15) is 5.54 Å². The highest BCUT2D eigenvalue weighted by Crippen LogP contribution is 2.37. The molecule has 2 aliphatic rings. The van der Waals surface area contributed by atoms with Gasteiger partial charge in [-0.15, -0.1) is 0 Å². The number of methoxy groups -OCH3 is 1. The van der Waals surface area contributed by atoms with E-state index < -0.39 is 5.54 Å². The molecule has 2 bridgehead atoms. The van der Waals surface area contributed by atoms with E-state index in [9.17, 15) is 4.79 Å². The molecule has 1 saturated carbocycles. The fraction of sp³-hybridized carbons (Fsp3) is 0.941. The summed E-state index contributed by atoms with van der Waals surface area (Å²) in [7, 11) is 1.48. The third kappa shape index (κ3) is 4.19. The maximum Gasteiger partial charge on any atom is 0.325 e. The van der Waals surface area contributed by atoms with Crippen molar-refractivity contribution in [3.63, 3.8) is 0 Å². The second-order valence-corrected chi connectivity index (χ2v) is 7.04. The van der Waals surface area contributed by atoms with Crippen molar-refractivity contribution in [1.82, 2.24) is 10.2 Å². The molecule has 1 N–H and O–H groups in total. The van der Waals surface area contributed by atoms with E-state index in [0.29, 0.717) is 0 Å². The van der Waals surface area contributed by atoms with Crippen molar-refractivity contribution in [1.29, 1.82) is 0 Å². The van der Waals surface area contributed by atoms with Crippen LogP contribution in [0.25, 0.3) is 0 Å². The summed E-state index contributed by atoms with van der Waals surface area (Å²) in [5.74, 6) is 0.845. The molecule has 1 aliphatic carbocycles. The summed E-state index contributed by atoms with van der Waals surface area (Å²) in [5.41, 5.74) is -0.519. The second-order valence-electron chi connectivity index (χ2n) is 7.04. The molecular weight excluding hydrogens is 264 g/mol. The van der Waals surface area contributed by atoms with Crippen LogP contribution in [0.5, 0.6) is 0 Å². The molecule has 21 heavy (non-hydrogen) atoms. The number of likely N-dealkylation sites (tertiary alicyclic amines) is 1. The highest BCUT2D eigenvalue weighted by atomic mass is 16.5. The summed E-state index contributed by atoms with van der Waals surface area (Å²) < 4.78 is 4.97. The van der Waals surface area contributed by atoms with Crippen LogP contribution in [0.15, 0.2) is 0 Å². The molecule has 1 heterocycles. The van der Waals surface area contributed by atoms with E-state index in [1.807, 2.05) is 6.92 Å². The molecule has 0 aromatic rings. The average Bonchev–Trinajstić information content (AvgIpc) is 3.11. The Hall–Kier alpha value is -0.610. The van der Waals surface area contributed by atoms with Gasteiger partial charge in [-0.3, -0.25) is 4.79 Å².